The lowest BCUT2D eigenvalue weighted by Crippen LogP contribution is -2.45. The molecule has 2 heterocycles. The first-order valence-electron chi connectivity index (χ1n) is 11.0. The number of rotatable bonds is 8. The number of unbranched alkanes of at least 4 members (excludes halogenated alkanes) is 1. The molecule has 2 N–H and O–H groups in total. The van der Waals surface area contributed by atoms with Gasteiger partial charge in [-0.2, -0.15) is 0 Å². The molecule has 6 nitrogen and oxygen atoms in total. The number of benzene rings is 2. The fraction of sp³-hybridized carbons (Fsp3) is 0.400. The van der Waals surface area contributed by atoms with Gasteiger partial charge in [-0.25, -0.2) is 4.79 Å². The number of anilines is 1. The van der Waals surface area contributed by atoms with E-state index in [1.807, 2.05) is 42.5 Å². The van der Waals surface area contributed by atoms with Crippen LogP contribution in [0.15, 0.2) is 60.7 Å². The first kappa shape index (κ1) is 21.4. The molecule has 0 bridgehead atoms. The van der Waals surface area contributed by atoms with Gasteiger partial charge in [-0.15, -0.1) is 0 Å². The van der Waals surface area contributed by atoms with Crippen molar-refractivity contribution in [1.82, 2.24) is 5.32 Å². The molecule has 2 aromatic carbocycles. The van der Waals surface area contributed by atoms with Crippen LogP contribution in [0.3, 0.4) is 0 Å². The van der Waals surface area contributed by atoms with Crippen molar-refractivity contribution in [2.24, 2.45) is 5.92 Å². The summed E-state index contributed by atoms with van der Waals surface area (Å²) in [6.07, 6.45) is 6.20. The molecule has 2 fully saturated rings. The van der Waals surface area contributed by atoms with Crippen LogP contribution in [0.5, 0.6) is 5.75 Å². The van der Waals surface area contributed by atoms with Crippen molar-refractivity contribution in [1.29, 1.82) is 0 Å². The SMILES string of the molecule is CCCCOc1ccc(NC(=O)N[C@H]2COC3[C@H](/C=C\c4ccccc4)CO[C@@H]32)cc1. The summed E-state index contributed by atoms with van der Waals surface area (Å²) in [5, 5.41) is 5.86. The van der Waals surface area contributed by atoms with E-state index in [1.54, 1.807) is 0 Å². The lowest BCUT2D eigenvalue weighted by molar-refractivity contribution is 0.0662. The average Bonchev–Trinajstić information content (AvgIpc) is 3.37. The molecule has 2 aliphatic heterocycles. The number of carbonyl (C=O) groups excluding carboxylic acids is 1. The van der Waals surface area contributed by atoms with Gasteiger partial charge in [0, 0.05) is 11.6 Å². The number of hydrogen-bond donors (Lipinski definition) is 2. The van der Waals surface area contributed by atoms with E-state index in [0.29, 0.717) is 25.5 Å². The van der Waals surface area contributed by atoms with Gasteiger partial charge in [-0.3, -0.25) is 0 Å². The van der Waals surface area contributed by atoms with Gasteiger partial charge < -0.3 is 24.8 Å². The molecule has 0 radical (unpaired) electrons. The van der Waals surface area contributed by atoms with Crippen molar-refractivity contribution in [3.63, 3.8) is 0 Å². The van der Waals surface area contributed by atoms with E-state index in [-0.39, 0.29) is 30.2 Å². The summed E-state index contributed by atoms with van der Waals surface area (Å²) < 4.78 is 17.6. The Morgan fingerprint density at radius 2 is 1.84 bits per heavy atom. The summed E-state index contributed by atoms with van der Waals surface area (Å²) in [7, 11) is 0. The van der Waals surface area contributed by atoms with Crippen LogP contribution in [0, 0.1) is 5.92 Å². The molecule has 4 rings (SSSR count). The van der Waals surface area contributed by atoms with E-state index in [4.69, 9.17) is 14.2 Å². The topological polar surface area (TPSA) is 68.8 Å². The molecule has 0 spiro atoms. The lowest BCUT2D eigenvalue weighted by Gasteiger charge is -2.18. The molecule has 2 aliphatic rings. The molecule has 4 atom stereocenters. The summed E-state index contributed by atoms with van der Waals surface area (Å²) in [4.78, 5) is 12.5. The summed E-state index contributed by atoms with van der Waals surface area (Å²) in [6.45, 7) is 3.88. The Morgan fingerprint density at radius 3 is 2.61 bits per heavy atom. The van der Waals surface area contributed by atoms with E-state index in [0.717, 1.165) is 24.2 Å². The number of hydrogen-bond acceptors (Lipinski definition) is 4. The largest absolute Gasteiger partial charge is 0.494 e. The molecular formula is C25H30N2O4. The van der Waals surface area contributed by atoms with Crippen molar-refractivity contribution in [2.75, 3.05) is 25.1 Å². The molecule has 164 valence electrons. The van der Waals surface area contributed by atoms with Gasteiger partial charge in [-0.05, 0) is 36.2 Å². The second-order valence-electron chi connectivity index (χ2n) is 7.96. The number of ether oxygens (including phenoxy) is 3. The van der Waals surface area contributed by atoms with Crippen LogP contribution in [-0.4, -0.2) is 44.1 Å². The Morgan fingerprint density at radius 1 is 1.06 bits per heavy atom. The number of amides is 2. The van der Waals surface area contributed by atoms with Gasteiger partial charge in [0.05, 0.1) is 32.0 Å². The standard InChI is InChI=1S/C25H30N2O4/c1-2-3-15-29-21-13-11-20(12-14-21)26-25(28)27-22-17-31-23-19(16-30-24(22)23)10-9-18-7-5-4-6-8-18/h4-14,19,22-24H,2-3,15-17H2,1H3,(H2,26,27,28)/b10-9-/t19-,22+,23?,24-/m1/s1. The fourth-order valence-electron chi connectivity index (χ4n) is 3.92. The number of fused-ring (bicyclic) bond motifs is 1. The highest BCUT2D eigenvalue weighted by atomic mass is 16.6. The highest BCUT2D eigenvalue weighted by molar-refractivity contribution is 5.89. The molecule has 31 heavy (non-hydrogen) atoms. The van der Waals surface area contributed by atoms with E-state index in [1.165, 1.54) is 0 Å². The first-order chi connectivity index (χ1) is 15.2. The van der Waals surface area contributed by atoms with Gasteiger partial charge in [0.25, 0.3) is 0 Å². The van der Waals surface area contributed by atoms with Crippen LogP contribution in [0.4, 0.5) is 10.5 Å². The van der Waals surface area contributed by atoms with Crippen LogP contribution in [-0.2, 0) is 9.47 Å². The minimum atomic E-state index is -0.263. The predicted molar refractivity (Wildman–Crippen MR) is 121 cm³/mol. The normalized spacial score (nSPS) is 24.8. The molecule has 0 aromatic heterocycles. The minimum absolute atomic E-state index is 0.0372. The van der Waals surface area contributed by atoms with Gasteiger partial charge in [0.2, 0.25) is 0 Å². The van der Waals surface area contributed by atoms with Crippen LogP contribution < -0.4 is 15.4 Å². The molecule has 0 aliphatic carbocycles. The molecular weight excluding hydrogens is 392 g/mol. The molecule has 6 heteroatoms. The summed E-state index contributed by atoms with van der Waals surface area (Å²) in [6, 6.07) is 17.2. The second kappa shape index (κ2) is 10.5. The van der Waals surface area contributed by atoms with Crippen molar-refractivity contribution in [2.45, 2.75) is 38.0 Å². The molecule has 0 saturated carbocycles. The molecule has 2 saturated heterocycles. The monoisotopic (exact) mass is 422 g/mol. The van der Waals surface area contributed by atoms with E-state index >= 15 is 0 Å². The third-order valence-corrected chi connectivity index (χ3v) is 5.62. The molecule has 2 amide bonds. The van der Waals surface area contributed by atoms with E-state index in [9.17, 15) is 4.79 Å². The van der Waals surface area contributed by atoms with Crippen molar-refractivity contribution in [3.8, 4) is 5.75 Å². The van der Waals surface area contributed by atoms with Gasteiger partial charge in [-0.1, -0.05) is 55.8 Å². The maximum absolute atomic E-state index is 12.5. The minimum Gasteiger partial charge on any atom is -0.494 e. The fourth-order valence-corrected chi connectivity index (χ4v) is 3.92. The van der Waals surface area contributed by atoms with Crippen LogP contribution in [0.2, 0.25) is 0 Å². The number of carbonyl (C=O) groups is 1. The number of nitrogens with one attached hydrogen (secondary N) is 2. The second-order valence-corrected chi connectivity index (χ2v) is 7.96. The van der Waals surface area contributed by atoms with Gasteiger partial charge in [0.15, 0.2) is 0 Å². The van der Waals surface area contributed by atoms with E-state index < -0.39 is 0 Å². The summed E-state index contributed by atoms with van der Waals surface area (Å²) in [5.41, 5.74) is 1.87. The summed E-state index contributed by atoms with van der Waals surface area (Å²) in [5.74, 6) is 0.987. The van der Waals surface area contributed by atoms with Crippen molar-refractivity contribution >= 4 is 17.8 Å². The lowest BCUT2D eigenvalue weighted by atomic mass is 9.99. The zero-order chi connectivity index (χ0) is 21.5. The van der Waals surface area contributed by atoms with Crippen LogP contribution in [0.25, 0.3) is 6.08 Å². The van der Waals surface area contributed by atoms with E-state index in [2.05, 4.69) is 41.8 Å². The number of urea groups is 1. The predicted octanol–water partition coefficient (Wildman–Crippen LogP) is 4.48. The van der Waals surface area contributed by atoms with Crippen LogP contribution >= 0.6 is 0 Å². The van der Waals surface area contributed by atoms with Gasteiger partial charge in [0.1, 0.15) is 11.9 Å². The van der Waals surface area contributed by atoms with Crippen molar-refractivity contribution < 1.29 is 19.0 Å². The Hall–Kier alpha value is -2.83. The average molecular weight is 423 g/mol. The Labute approximate surface area is 183 Å². The maximum Gasteiger partial charge on any atom is 0.319 e. The third-order valence-electron chi connectivity index (χ3n) is 5.62. The van der Waals surface area contributed by atoms with Crippen LogP contribution in [0.1, 0.15) is 25.3 Å². The Kier molecular flexibility index (Phi) is 7.22. The van der Waals surface area contributed by atoms with Crippen molar-refractivity contribution in [3.05, 3.63) is 66.2 Å². The zero-order valence-electron chi connectivity index (χ0n) is 17.8. The third kappa shape index (κ3) is 5.66. The highest BCUT2D eigenvalue weighted by Gasteiger charge is 2.47. The van der Waals surface area contributed by atoms with Gasteiger partial charge >= 0.3 is 6.03 Å². The molecule has 2 aromatic rings. The zero-order valence-corrected chi connectivity index (χ0v) is 17.8. The summed E-state index contributed by atoms with van der Waals surface area (Å²) >= 11 is 0. The maximum atomic E-state index is 12.5. The first-order valence-corrected chi connectivity index (χ1v) is 11.0. The molecule has 1 unspecified atom stereocenters. The Bertz CT molecular complexity index is 869. The Balaban J connectivity index is 1.26. The highest BCUT2D eigenvalue weighted by Crippen LogP contribution is 2.32. The smallest absolute Gasteiger partial charge is 0.319 e. The quantitative estimate of drug-likeness (QED) is 0.616.